The summed E-state index contributed by atoms with van der Waals surface area (Å²) >= 11 is 0. The molecule has 0 aromatic heterocycles. The molecule has 112 valence electrons. The first kappa shape index (κ1) is 16.7. The Hall–Kier alpha value is -1.40. The lowest BCUT2D eigenvalue weighted by atomic mass is 10.1. The van der Waals surface area contributed by atoms with Gasteiger partial charge in [0.15, 0.2) is 0 Å². The lowest BCUT2D eigenvalue weighted by molar-refractivity contribution is -0.119. The van der Waals surface area contributed by atoms with Crippen molar-refractivity contribution in [2.24, 2.45) is 11.7 Å². The van der Waals surface area contributed by atoms with Gasteiger partial charge in [-0.15, -0.1) is 12.4 Å². The molecule has 0 bridgehead atoms. The first-order valence-corrected chi connectivity index (χ1v) is 6.16. The van der Waals surface area contributed by atoms with Gasteiger partial charge in [0.1, 0.15) is 5.75 Å². The van der Waals surface area contributed by atoms with Crippen LogP contribution in [0.15, 0.2) is 24.3 Å². The van der Waals surface area contributed by atoms with E-state index in [1.165, 1.54) is 24.3 Å². The Morgan fingerprint density at radius 2 is 1.95 bits per heavy atom. The molecule has 4 nitrogen and oxygen atoms in total. The number of benzene rings is 1. The van der Waals surface area contributed by atoms with Gasteiger partial charge in [-0.05, 0) is 43.5 Å². The quantitative estimate of drug-likeness (QED) is 0.899. The van der Waals surface area contributed by atoms with Crippen molar-refractivity contribution >= 4 is 24.0 Å². The summed E-state index contributed by atoms with van der Waals surface area (Å²) in [5.74, 6) is -0.0710. The number of anilines is 1. The third-order valence-corrected chi connectivity index (χ3v) is 3.19. The number of hydrogen-bond acceptors (Lipinski definition) is 3. The molecule has 20 heavy (non-hydrogen) atoms. The van der Waals surface area contributed by atoms with E-state index in [4.69, 9.17) is 5.73 Å². The molecule has 1 fully saturated rings. The fourth-order valence-corrected chi connectivity index (χ4v) is 2.22. The number of carbonyl (C=O) groups is 1. The van der Waals surface area contributed by atoms with E-state index in [1.807, 2.05) is 0 Å². The average molecular weight is 307 g/mol. The van der Waals surface area contributed by atoms with Gasteiger partial charge >= 0.3 is 6.61 Å². The molecule has 1 aliphatic rings. The largest absolute Gasteiger partial charge is 0.435 e. The van der Waals surface area contributed by atoms with Gasteiger partial charge in [0, 0.05) is 17.6 Å². The van der Waals surface area contributed by atoms with Crippen molar-refractivity contribution in [3.05, 3.63) is 24.3 Å². The number of halogens is 3. The zero-order chi connectivity index (χ0) is 13.8. The standard InChI is InChI=1S/C13H16F2N2O2.ClH/c14-13(15)19-11-5-3-10(4-6-11)17-12(18)8-1-2-9(16)7-8;/h3-6,8-9,13H,1-2,7,16H2,(H,17,18);1H. The highest BCUT2D eigenvalue weighted by atomic mass is 35.5. The first-order valence-electron chi connectivity index (χ1n) is 6.16. The second kappa shape index (κ2) is 7.40. The van der Waals surface area contributed by atoms with E-state index in [0.29, 0.717) is 12.1 Å². The van der Waals surface area contributed by atoms with Gasteiger partial charge in [0.05, 0.1) is 0 Å². The topological polar surface area (TPSA) is 64.4 Å². The average Bonchev–Trinajstić information content (AvgIpc) is 2.78. The van der Waals surface area contributed by atoms with Crippen LogP contribution in [0.4, 0.5) is 14.5 Å². The molecule has 1 amide bonds. The van der Waals surface area contributed by atoms with Gasteiger partial charge in [-0.25, -0.2) is 0 Å². The van der Waals surface area contributed by atoms with Crippen molar-refractivity contribution in [3.63, 3.8) is 0 Å². The Balaban J connectivity index is 0.00000200. The minimum Gasteiger partial charge on any atom is -0.435 e. The Labute approximate surface area is 122 Å². The van der Waals surface area contributed by atoms with E-state index in [0.717, 1.165) is 12.8 Å². The Morgan fingerprint density at radius 3 is 2.45 bits per heavy atom. The highest BCUT2D eigenvalue weighted by Gasteiger charge is 2.27. The molecule has 2 unspecified atom stereocenters. The molecule has 0 aliphatic heterocycles. The number of ether oxygens (including phenoxy) is 1. The lowest BCUT2D eigenvalue weighted by Crippen LogP contribution is -2.23. The monoisotopic (exact) mass is 306 g/mol. The maximum atomic E-state index is 12.0. The molecular weight excluding hydrogens is 290 g/mol. The fourth-order valence-electron chi connectivity index (χ4n) is 2.22. The zero-order valence-corrected chi connectivity index (χ0v) is 11.5. The number of carbonyl (C=O) groups excluding carboxylic acids is 1. The maximum absolute atomic E-state index is 12.0. The number of nitrogens with one attached hydrogen (secondary N) is 1. The fraction of sp³-hybridized carbons (Fsp3) is 0.462. The van der Waals surface area contributed by atoms with Crippen molar-refractivity contribution in [1.29, 1.82) is 0 Å². The molecule has 1 aromatic rings. The summed E-state index contributed by atoms with van der Waals surface area (Å²) in [5, 5.41) is 2.75. The Kier molecular flexibility index (Phi) is 6.16. The molecule has 1 saturated carbocycles. The summed E-state index contributed by atoms with van der Waals surface area (Å²) in [6, 6.07) is 5.94. The highest BCUT2D eigenvalue weighted by Crippen LogP contribution is 2.26. The van der Waals surface area contributed by atoms with Gasteiger partial charge in [-0.1, -0.05) is 0 Å². The number of hydrogen-bond donors (Lipinski definition) is 2. The van der Waals surface area contributed by atoms with Crippen LogP contribution in [0.3, 0.4) is 0 Å². The van der Waals surface area contributed by atoms with Crippen LogP contribution in [0.2, 0.25) is 0 Å². The van der Waals surface area contributed by atoms with Crippen LogP contribution >= 0.6 is 12.4 Å². The van der Waals surface area contributed by atoms with Crippen LogP contribution in [0.5, 0.6) is 5.75 Å². The molecule has 0 heterocycles. The number of nitrogens with two attached hydrogens (primary N) is 1. The van der Waals surface area contributed by atoms with Gasteiger partial charge in [0.25, 0.3) is 0 Å². The molecule has 3 N–H and O–H groups in total. The molecule has 1 aliphatic carbocycles. The van der Waals surface area contributed by atoms with Crippen LogP contribution in [-0.4, -0.2) is 18.6 Å². The van der Waals surface area contributed by atoms with Crippen molar-refractivity contribution < 1.29 is 18.3 Å². The second-order valence-electron chi connectivity index (χ2n) is 4.66. The first-order chi connectivity index (χ1) is 9.04. The molecule has 0 saturated heterocycles. The van der Waals surface area contributed by atoms with Gasteiger partial charge in [-0.2, -0.15) is 8.78 Å². The Bertz CT molecular complexity index is 443. The summed E-state index contributed by atoms with van der Waals surface area (Å²) in [4.78, 5) is 11.9. The van der Waals surface area contributed by atoms with Crippen LogP contribution in [0.25, 0.3) is 0 Å². The maximum Gasteiger partial charge on any atom is 0.387 e. The van der Waals surface area contributed by atoms with Crippen LogP contribution in [-0.2, 0) is 4.79 Å². The lowest BCUT2D eigenvalue weighted by Gasteiger charge is -2.11. The predicted molar refractivity (Wildman–Crippen MR) is 74.3 cm³/mol. The second-order valence-corrected chi connectivity index (χ2v) is 4.66. The van der Waals surface area contributed by atoms with Gasteiger partial charge in [0.2, 0.25) is 5.91 Å². The van der Waals surface area contributed by atoms with Crippen LogP contribution in [0, 0.1) is 5.92 Å². The minimum atomic E-state index is -2.85. The summed E-state index contributed by atoms with van der Waals surface area (Å²) < 4.78 is 28.2. The molecule has 2 atom stereocenters. The predicted octanol–water partition coefficient (Wildman–Crippen LogP) is 2.78. The summed E-state index contributed by atoms with van der Waals surface area (Å²) in [6.45, 7) is -2.85. The van der Waals surface area contributed by atoms with E-state index in [9.17, 15) is 13.6 Å². The van der Waals surface area contributed by atoms with Crippen molar-refractivity contribution in [2.45, 2.75) is 31.9 Å². The SMILES string of the molecule is Cl.NC1CCC(C(=O)Nc2ccc(OC(F)F)cc2)C1. The summed E-state index contributed by atoms with van der Waals surface area (Å²) in [7, 11) is 0. The minimum absolute atomic E-state index is 0. The molecule has 2 rings (SSSR count). The van der Waals surface area contributed by atoms with E-state index in [2.05, 4.69) is 10.1 Å². The van der Waals surface area contributed by atoms with Gasteiger partial charge < -0.3 is 15.8 Å². The Morgan fingerprint density at radius 1 is 1.30 bits per heavy atom. The molecule has 7 heteroatoms. The number of rotatable bonds is 4. The third kappa shape index (κ3) is 4.61. The summed E-state index contributed by atoms with van der Waals surface area (Å²) in [6.07, 6.45) is 2.34. The van der Waals surface area contributed by atoms with Gasteiger partial charge in [-0.3, -0.25) is 4.79 Å². The summed E-state index contributed by atoms with van der Waals surface area (Å²) in [5.41, 5.74) is 6.32. The van der Waals surface area contributed by atoms with Crippen molar-refractivity contribution in [3.8, 4) is 5.75 Å². The number of amides is 1. The van der Waals surface area contributed by atoms with E-state index < -0.39 is 6.61 Å². The van der Waals surface area contributed by atoms with E-state index in [-0.39, 0.29) is 36.0 Å². The normalized spacial score (nSPS) is 21.4. The van der Waals surface area contributed by atoms with E-state index in [1.54, 1.807) is 0 Å². The van der Waals surface area contributed by atoms with Crippen LogP contribution in [0.1, 0.15) is 19.3 Å². The molecule has 0 spiro atoms. The van der Waals surface area contributed by atoms with Crippen molar-refractivity contribution in [2.75, 3.05) is 5.32 Å². The van der Waals surface area contributed by atoms with E-state index >= 15 is 0 Å². The molecule has 1 aromatic carbocycles. The third-order valence-electron chi connectivity index (χ3n) is 3.19. The van der Waals surface area contributed by atoms with Crippen LogP contribution < -0.4 is 15.8 Å². The number of alkyl halides is 2. The smallest absolute Gasteiger partial charge is 0.387 e. The molecule has 0 radical (unpaired) electrons. The van der Waals surface area contributed by atoms with Crippen molar-refractivity contribution in [1.82, 2.24) is 0 Å². The highest BCUT2D eigenvalue weighted by molar-refractivity contribution is 5.92. The molecular formula is C13H17ClF2N2O2. The zero-order valence-electron chi connectivity index (χ0n) is 10.7.